The van der Waals surface area contributed by atoms with Crippen molar-refractivity contribution in [1.82, 2.24) is 20.3 Å². The Morgan fingerprint density at radius 1 is 1.42 bits per heavy atom. The average molecular weight is 330 g/mol. The summed E-state index contributed by atoms with van der Waals surface area (Å²) in [5.74, 6) is 0.213. The van der Waals surface area contributed by atoms with E-state index in [0.29, 0.717) is 24.4 Å². The van der Waals surface area contributed by atoms with E-state index in [1.807, 2.05) is 0 Å². The quantitative estimate of drug-likeness (QED) is 0.728. The molecule has 3 rings (SSSR count). The van der Waals surface area contributed by atoms with E-state index in [4.69, 9.17) is 4.74 Å². The Labute approximate surface area is 137 Å². The Morgan fingerprint density at radius 3 is 2.92 bits per heavy atom. The van der Waals surface area contributed by atoms with Crippen molar-refractivity contribution in [2.24, 2.45) is 0 Å². The standard InChI is InChI=1S/C16H18N4O4/c1-24-8-13-19-12(7-14(21)20-13)9-5-10(6-9)18-16(23)11-3-2-4-17-15(11)22/h2-4,7,9-10H,5-6,8H2,1H3,(H,17,22)(H,18,23)(H,19,20,21). The number of H-pyrrole nitrogens is 2. The molecule has 1 fully saturated rings. The molecule has 0 bridgehead atoms. The summed E-state index contributed by atoms with van der Waals surface area (Å²) in [7, 11) is 1.53. The van der Waals surface area contributed by atoms with Crippen molar-refractivity contribution in [1.29, 1.82) is 0 Å². The van der Waals surface area contributed by atoms with E-state index in [-0.39, 0.29) is 35.6 Å². The zero-order chi connectivity index (χ0) is 17.1. The van der Waals surface area contributed by atoms with Crippen LogP contribution in [-0.4, -0.2) is 34.0 Å². The number of amides is 1. The minimum absolute atomic E-state index is 0.0333. The van der Waals surface area contributed by atoms with Gasteiger partial charge in [-0.15, -0.1) is 0 Å². The lowest BCUT2D eigenvalue weighted by atomic mass is 9.78. The van der Waals surface area contributed by atoms with E-state index in [1.165, 1.54) is 25.4 Å². The summed E-state index contributed by atoms with van der Waals surface area (Å²) < 4.78 is 4.98. The molecular formula is C16H18N4O4. The molecule has 0 aliphatic heterocycles. The Hall–Kier alpha value is -2.74. The molecule has 0 atom stereocenters. The lowest BCUT2D eigenvalue weighted by Gasteiger charge is -2.35. The maximum Gasteiger partial charge on any atom is 0.260 e. The van der Waals surface area contributed by atoms with Crippen LogP contribution >= 0.6 is 0 Å². The van der Waals surface area contributed by atoms with Crippen LogP contribution < -0.4 is 16.4 Å². The second-order valence-corrected chi connectivity index (χ2v) is 5.80. The van der Waals surface area contributed by atoms with Gasteiger partial charge in [0.15, 0.2) is 0 Å². The van der Waals surface area contributed by atoms with Crippen LogP contribution in [0.4, 0.5) is 0 Å². The maximum absolute atomic E-state index is 12.1. The fraction of sp³-hybridized carbons (Fsp3) is 0.375. The molecular weight excluding hydrogens is 312 g/mol. The fourth-order valence-electron chi connectivity index (χ4n) is 2.78. The van der Waals surface area contributed by atoms with Crippen molar-refractivity contribution >= 4 is 5.91 Å². The van der Waals surface area contributed by atoms with Gasteiger partial charge in [0.1, 0.15) is 18.0 Å². The lowest BCUT2D eigenvalue weighted by molar-refractivity contribution is 0.0906. The van der Waals surface area contributed by atoms with Crippen LogP contribution in [0.2, 0.25) is 0 Å². The molecule has 0 saturated heterocycles. The average Bonchev–Trinajstić information content (AvgIpc) is 2.50. The van der Waals surface area contributed by atoms with Gasteiger partial charge in [-0.2, -0.15) is 0 Å². The van der Waals surface area contributed by atoms with Crippen LogP contribution in [0.25, 0.3) is 0 Å². The first-order valence-corrected chi connectivity index (χ1v) is 7.64. The third-order valence-electron chi connectivity index (χ3n) is 4.05. The number of hydrogen-bond donors (Lipinski definition) is 3. The predicted molar refractivity (Wildman–Crippen MR) is 85.9 cm³/mol. The monoisotopic (exact) mass is 330 g/mol. The smallest absolute Gasteiger partial charge is 0.260 e. The summed E-state index contributed by atoms with van der Waals surface area (Å²) in [6, 6.07) is 4.54. The number of carbonyl (C=O) groups is 1. The third kappa shape index (κ3) is 3.43. The number of carbonyl (C=O) groups excluding carboxylic acids is 1. The van der Waals surface area contributed by atoms with Crippen LogP contribution in [0.15, 0.2) is 34.0 Å². The molecule has 1 amide bonds. The Balaban J connectivity index is 1.62. The van der Waals surface area contributed by atoms with E-state index >= 15 is 0 Å². The SMILES string of the molecule is COCc1nc(C2CC(NC(=O)c3ccc[nH]c3=O)C2)cc(=O)[nH]1. The molecule has 2 heterocycles. The van der Waals surface area contributed by atoms with Gasteiger partial charge in [0.25, 0.3) is 17.0 Å². The van der Waals surface area contributed by atoms with E-state index in [9.17, 15) is 14.4 Å². The highest BCUT2D eigenvalue weighted by Gasteiger charge is 2.33. The molecule has 1 aliphatic carbocycles. The van der Waals surface area contributed by atoms with Gasteiger partial charge in [-0.25, -0.2) is 4.98 Å². The van der Waals surface area contributed by atoms with Crippen LogP contribution in [0.5, 0.6) is 0 Å². The van der Waals surface area contributed by atoms with Crippen LogP contribution in [0.3, 0.4) is 0 Å². The predicted octanol–water partition coefficient (Wildman–Crippen LogP) is 0.281. The second-order valence-electron chi connectivity index (χ2n) is 5.80. The Morgan fingerprint density at radius 2 is 2.21 bits per heavy atom. The summed E-state index contributed by atoms with van der Waals surface area (Å²) in [5.41, 5.74) is 0.174. The van der Waals surface area contributed by atoms with Crippen molar-refractivity contribution in [2.45, 2.75) is 31.4 Å². The Kier molecular flexibility index (Phi) is 4.57. The van der Waals surface area contributed by atoms with Gasteiger partial charge >= 0.3 is 0 Å². The number of nitrogens with zero attached hydrogens (tertiary/aromatic N) is 1. The zero-order valence-corrected chi connectivity index (χ0v) is 13.2. The molecule has 0 aromatic carbocycles. The van der Waals surface area contributed by atoms with E-state index in [2.05, 4.69) is 20.3 Å². The second kappa shape index (κ2) is 6.79. The highest BCUT2D eigenvalue weighted by Crippen LogP contribution is 2.35. The Bertz CT molecular complexity index is 851. The molecule has 2 aromatic rings. The van der Waals surface area contributed by atoms with E-state index in [1.54, 1.807) is 6.07 Å². The number of rotatable bonds is 5. The summed E-state index contributed by atoms with van der Waals surface area (Å²) >= 11 is 0. The van der Waals surface area contributed by atoms with Gasteiger partial charge in [0.2, 0.25) is 0 Å². The van der Waals surface area contributed by atoms with E-state index < -0.39 is 5.56 Å². The zero-order valence-electron chi connectivity index (χ0n) is 13.2. The molecule has 24 heavy (non-hydrogen) atoms. The van der Waals surface area contributed by atoms with Gasteiger partial charge in [-0.3, -0.25) is 14.4 Å². The summed E-state index contributed by atoms with van der Waals surface area (Å²) in [6.45, 7) is 0.243. The van der Waals surface area contributed by atoms with Crippen molar-refractivity contribution in [3.05, 3.63) is 62.2 Å². The highest BCUT2D eigenvalue weighted by atomic mass is 16.5. The van der Waals surface area contributed by atoms with Gasteiger partial charge in [-0.05, 0) is 25.0 Å². The molecule has 1 aliphatic rings. The number of pyridine rings is 1. The molecule has 8 heteroatoms. The molecule has 1 saturated carbocycles. The number of hydrogen-bond acceptors (Lipinski definition) is 5. The van der Waals surface area contributed by atoms with Gasteiger partial charge in [-0.1, -0.05) is 0 Å². The molecule has 126 valence electrons. The van der Waals surface area contributed by atoms with Crippen molar-refractivity contribution in [3.8, 4) is 0 Å². The number of nitrogens with one attached hydrogen (secondary N) is 3. The largest absolute Gasteiger partial charge is 0.377 e. The van der Waals surface area contributed by atoms with Crippen LogP contribution in [0, 0.1) is 0 Å². The number of methoxy groups -OCH3 is 1. The minimum Gasteiger partial charge on any atom is -0.377 e. The molecule has 2 aromatic heterocycles. The van der Waals surface area contributed by atoms with E-state index in [0.717, 1.165) is 0 Å². The molecule has 0 unspecified atom stereocenters. The maximum atomic E-state index is 12.1. The summed E-state index contributed by atoms with van der Waals surface area (Å²) in [5, 5.41) is 2.83. The van der Waals surface area contributed by atoms with Crippen LogP contribution in [0.1, 0.15) is 40.6 Å². The molecule has 8 nitrogen and oxygen atoms in total. The lowest BCUT2D eigenvalue weighted by Crippen LogP contribution is -2.45. The van der Waals surface area contributed by atoms with Gasteiger partial charge < -0.3 is 20.0 Å². The normalized spacial score (nSPS) is 19.5. The first kappa shape index (κ1) is 16.1. The van der Waals surface area contributed by atoms with Crippen molar-refractivity contribution < 1.29 is 9.53 Å². The minimum atomic E-state index is -0.411. The van der Waals surface area contributed by atoms with Crippen molar-refractivity contribution in [2.75, 3.05) is 7.11 Å². The first-order chi connectivity index (χ1) is 11.6. The fourth-order valence-corrected chi connectivity index (χ4v) is 2.78. The van der Waals surface area contributed by atoms with Gasteiger partial charge in [0, 0.05) is 31.3 Å². The molecule has 3 N–H and O–H groups in total. The van der Waals surface area contributed by atoms with Crippen LogP contribution in [-0.2, 0) is 11.3 Å². The highest BCUT2D eigenvalue weighted by molar-refractivity contribution is 5.94. The number of aromatic nitrogens is 3. The summed E-state index contributed by atoms with van der Waals surface area (Å²) in [4.78, 5) is 44.8. The third-order valence-corrected chi connectivity index (χ3v) is 4.05. The first-order valence-electron chi connectivity index (χ1n) is 7.64. The molecule has 0 spiro atoms. The number of ether oxygens (including phenoxy) is 1. The van der Waals surface area contributed by atoms with Gasteiger partial charge in [0.05, 0.1) is 5.69 Å². The topological polar surface area (TPSA) is 117 Å². The summed E-state index contributed by atoms with van der Waals surface area (Å²) in [6.07, 6.45) is 2.84. The number of aromatic amines is 2. The van der Waals surface area contributed by atoms with Crippen molar-refractivity contribution in [3.63, 3.8) is 0 Å². The molecule has 0 radical (unpaired) electrons.